The topological polar surface area (TPSA) is 359 Å². The van der Waals surface area contributed by atoms with Crippen molar-refractivity contribution in [3.63, 3.8) is 0 Å². The molecular weight excluding hydrogens is 1360 g/mol. The van der Waals surface area contributed by atoms with E-state index in [1.807, 2.05) is 191 Å². The van der Waals surface area contributed by atoms with Crippen molar-refractivity contribution in [1.29, 1.82) is 0 Å². The van der Waals surface area contributed by atoms with E-state index in [9.17, 15) is 48.6 Å². The number of rotatable bonds is 31. The number of halogens is 1. The average molecular weight is 1480 g/mol. The maximum atomic E-state index is 14.5. The molecule has 576 valence electrons. The third-order valence-corrected chi connectivity index (χ3v) is 21.8. The second kappa shape index (κ2) is 35.4. The summed E-state index contributed by atoms with van der Waals surface area (Å²) in [5.41, 5.74) is 17.8. The summed E-state index contributed by atoms with van der Waals surface area (Å²) in [4.78, 5) is 110. The summed E-state index contributed by atoms with van der Waals surface area (Å²) in [6.07, 6.45) is 2.57. The molecule has 0 radical (unpaired) electrons. The highest BCUT2D eigenvalue weighted by Gasteiger charge is 2.71. The molecule has 2 saturated heterocycles. The van der Waals surface area contributed by atoms with Crippen molar-refractivity contribution in [2.45, 2.75) is 220 Å². The number of ether oxygens (including phenoxy) is 4. The minimum absolute atomic E-state index is 0. The molecule has 2 heterocycles. The van der Waals surface area contributed by atoms with Crippen LogP contribution in [0.15, 0.2) is 126 Å². The fourth-order valence-corrected chi connectivity index (χ4v) is 15.0. The van der Waals surface area contributed by atoms with Crippen LogP contribution in [-0.4, -0.2) is 154 Å². The van der Waals surface area contributed by atoms with Gasteiger partial charge >= 0.3 is 6.03 Å². The van der Waals surface area contributed by atoms with Crippen molar-refractivity contribution in [3.05, 3.63) is 144 Å². The van der Waals surface area contributed by atoms with Gasteiger partial charge in [-0.05, 0) is 120 Å². The van der Waals surface area contributed by atoms with Gasteiger partial charge in [0.15, 0.2) is 12.2 Å². The molecule has 12 N–H and O–H groups in total. The molecule has 4 aliphatic carbocycles. The minimum Gasteiger partial charge on any atom is -0.381 e. The molecule has 8 amide bonds. The number of nitrogens with one attached hydrogen (secondary N) is 4. The highest BCUT2D eigenvalue weighted by Crippen LogP contribution is 2.66. The second-order valence-corrected chi connectivity index (χ2v) is 33.7. The predicted octanol–water partition coefficient (Wildman–Crippen LogP) is 8.45. The number of aliphatic hydroxyl groups is 2. The van der Waals surface area contributed by atoms with Gasteiger partial charge in [0.1, 0.15) is 43.9 Å². The quantitative estimate of drug-likeness (QED) is 0.00987. The summed E-state index contributed by atoms with van der Waals surface area (Å²) in [6, 6.07) is 33.6. The number of aliphatic hydroxyl groups excluding tert-OH is 2. The van der Waals surface area contributed by atoms with Gasteiger partial charge in [-0.1, -0.05) is 216 Å². The van der Waals surface area contributed by atoms with Crippen molar-refractivity contribution in [3.8, 4) is 0 Å². The molecule has 0 bridgehead atoms. The molecular formula is C80H115ClN10O14. The number of nitrogens with zero attached hydrogens (tertiary/aromatic N) is 3. The first-order valence-corrected chi connectivity index (χ1v) is 36.5. The molecule has 10 unspecified atom stereocenters. The maximum Gasteiger partial charge on any atom is 0.315 e. The number of isocyanates is 1. The second-order valence-electron chi connectivity index (χ2n) is 33.7. The Labute approximate surface area is 625 Å². The molecule has 24 nitrogen and oxygen atoms in total. The number of nitrogens with two attached hydrogens (primary N) is 3. The van der Waals surface area contributed by atoms with Gasteiger partial charge in [-0.25, -0.2) is 9.59 Å². The first kappa shape index (κ1) is 84.6. The third-order valence-electron chi connectivity index (χ3n) is 21.8. The zero-order valence-corrected chi connectivity index (χ0v) is 64.4. The zero-order valence-electron chi connectivity index (χ0n) is 63.5. The molecule has 105 heavy (non-hydrogen) atoms. The number of benzene rings is 4. The van der Waals surface area contributed by atoms with Crippen molar-refractivity contribution < 1.29 is 67.5 Å². The van der Waals surface area contributed by atoms with E-state index in [2.05, 4.69) is 54.0 Å². The van der Waals surface area contributed by atoms with Crippen molar-refractivity contribution in [1.82, 2.24) is 31.1 Å². The summed E-state index contributed by atoms with van der Waals surface area (Å²) in [5.74, 6) is -2.14. The highest BCUT2D eigenvalue weighted by atomic mass is 35.5. The Balaban J connectivity index is 0.000000244. The Hall–Kier alpha value is -7.64. The van der Waals surface area contributed by atoms with Gasteiger partial charge in [-0.2, -0.15) is 4.99 Å². The summed E-state index contributed by atoms with van der Waals surface area (Å²) in [5, 5.41) is 32.5. The lowest BCUT2D eigenvalue weighted by Gasteiger charge is -2.39. The van der Waals surface area contributed by atoms with Gasteiger partial charge in [-0.3, -0.25) is 28.8 Å². The number of amides is 8. The van der Waals surface area contributed by atoms with Crippen LogP contribution in [0.4, 0.5) is 4.79 Å². The van der Waals surface area contributed by atoms with Gasteiger partial charge in [0.05, 0.1) is 42.4 Å². The van der Waals surface area contributed by atoms with Crippen LogP contribution >= 0.6 is 12.4 Å². The summed E-state index contributed by atoms with van der Waals surface area (Å²) >= 11 is 0. The van der Waals surface area contributed by atoms with E-state index in [1.165, 1.54) is 0 Å². The number of urea groups is 1. The Kier molecular flexibility index (Phi) is 28.5. The Morgan fingerprint density at radius 2 is 0.933 bits per heavy atom. The van der Waals surface area contributed by atoms with E-state index in [0.29, 0.717) is 51.0 Å². The first-order chi connectivity index (χ1) is 48.8. The van der Waals surface area contributed by atoms with Crippen LogP contribution in [0.25, 0.3) is 0 Å². The fraction of sp³-hybridized carbons (Fsp3) is 0.600. The number of piperidine rings is 2. The molecule has 25 heteroatoms. The lowest BCUT2D eigenvalue weighted by molar-refractivity contribution is -0.144. The van der Waals surface area contributed by atoms with Gasteiger partial charge in [0.25, 0.3) is 0 Å². The number of hydrogen-bond donors (Lipinski definition) is 9. The van der Waals surface area contributed by atoms with Crippen LogP contribution in [0.5, 0.6) is 0 Å². The number of primary amides is 2. The standard InChI is InChI=1S/C40H57N5O7.C21H36N4O4.C19H21NO3.ClH/c1-38(2,3)32(36(49)45-21-27-29(39(27,4)5)30(45)35(48)42-28(20-24-18-19-24)31(46)34(41)47)43-37(50)44-40(6,7)33(26-16-12-9-13-17-26)52-23-51-22-25-14-10-8-11-15-25;1-20(2,3)16(22)19(29)25-9-11-13(21(11,4)5)14(25)18(28)24-12(8-10-6-7-10)15(26)17(23)27;1-19(2,20-14-21)18(17-11-7-4-8-12-17)23-15-22-13-16-9-5-3-6-10-16;/h8-17,24,27-33,46H,18-23H2,1-7H3,(H2,41,47)(H,42,48)(H2,43,44,50);10-16,26H,6-9,22H2,1-5H3,(H2,23,27)(H,24,28);3-12,18H,13,15H2,1-2H3;1H/t27?,28?,29?,30-,31?,32+,33?;11?,12?,13?,14-,15?,16+;;/m00../s1. The molecule has 4 aromatic rings. The largest absolute Gasteiger partial charge is 0.381 e. The highest BCUT2D eigenvalue weighted by molar-refractivity contribution is 5.95. The summed E-state index contributed by atoms with van der Waals surface area (Å²) in [7, 11) is 0. The zero-order chi connectivity index (χ0) is 76.4. The third kappa shape index (κ3) is 22.0. The number of hydrogen-bond acceptors (Lipinski definition) is 16. The molecule has 6 aliphatic rings. The SMILES string of the molecule is CC(C)(N=C=O)C(OCOCc1ccccc1)c1ccccc1.CC(C)(NC(=O)N[C@H](C(=O)N1CC2C([C@H]1C(=O)NC(CC1CC1)C(O)C(N)=O)C2(C)C)C(C)(C)C)C(OCOCc1ccccc1)c1ccccc1.CC1(C)C2CN(C(=O)[C@@H](N)C(C)(C)C)[C@H](C(=O)NC(CC3CC3)C(O)C(N)=O)C21.Cl. The lowest BCUT2D eigenvalue weighted by Crippen LogP contribution is -2.63. The first-order valence-electron chi connectivity index (χ1n) is 36.5. The Morgan fingerprint density at radius 3 is 1.30 bits per heavy atom. The molecule has 10 rings (SSSR count). The Morgan fingerprint density at radius 1 is 0.562 bits per heavy atom. The van der Waals surface area contributed by atoms with Crippen LogP contribution < -0.4 is 38.5 Å². The number of carbonyl (C=O) groups is 7. The molecule has 4 saturated carbocycles. The van der Waals surface area contributed by atoms with Crippen LogP contribution in [0, 0.1) is 57.2 Å². The maximum absolute atomic E-state index is 14.5. The van der Waals surface area contributed by atoms with Gasteiger partial charge in [0.2, 0.25) is 41.5 Å². The summed E-state index contributed by atoms with van der Waals surface area (Å²) in [6.45, 7) is 28.9. The fourth-order valence-electron chi connectivity index (χ4n) is 15.0. The Bertz CT molecular complexity index is 3620. The molecule has 2 aliphatic heterocycles. The minimum atomic E-state index is -1.53. The number of carbonyl (C=O) groups excluding carboxylic acids is 8. The molecule has 4 aromatic carbocycles. The van der Waals surface area contributed by atoms with E-state index in [1.54, 1.807) is 15.9 Å². The van der Waals surface area contributed by atoms with E-state index in [0.717, 1.165) is 47.9 Å². The van der Waals surface area contributed by atoms with Crippen LogP contribution in [0.3, 0.4) is 0 Å². The lowest BCUT2D eigenvalue weighted by atomic mass is 9.85. The monoisotopic (exact) mass is 1470 g/mol. The van der Waals surface area contributed by atoms with Crippen molar-refractivity contribution in [2.75, 3.05) is 26.7 Å². The molecule has 6 fully saturated rings. The number of fused-ring (bicyclic) bond motifs is 2. The van der Waals surface area contributed by atoms with E-state index in [-0.39, 0.29) is 84.3 Å². The summed E-state index contributed by atoms with van der Waals surface area (Å²) < 4.78 is 23.5. The van der Waals surface area contributed by atoms with Crippen molar-refractivity contribution in [2.24, 2.45) is 79.4 Å². The van der Waals surface area contributed by atoms with E-state index >= 15 is 0 Å². The van der Waals surface area contributed by atoms with Crippen LogP contribution in [-0.2, 0) is 65.7 Å². The smallest absolute Gasteiger partial charge is 0.315 e. The van der Waals surface area contributed by atoms with Crippen LogP contribution in [0.1, 0.15) is 170 Å². The van der Waals surface area contributed by atoms with Gasteiger partial charge in [-0.15, -0.1) is 12.4 Å². The van der Waals surface area contributed by atoms with Gasteiger partial charge in [0, 0.05) is 13.1 Å². The predicted molar refractivity (Wildman–Crippen MR) is 400 cm³/mol. The number of aliphatic imine (C=N–C) groups is 1. The van der Waals surface area contributed by atoms with Gasteiger partial charge < -0.3 is 77.4 Å². The average Bonchev–Trinajstić information content (AvgIpc) is 1.53. The molecule has 0 aromatic heterocycles. The molecule has 14 atom stereocenters. The molecule has 0 spiro atoms. The van der Waals surface area contributed by atoms with Crippen molar-refractivity contribution >= 4 is 60.0 Å². The van der Waals surface area contributed by atoms with E-state index < -0.39 is 100 Å². The van der Waals surface area contributed by atoms with Crippen LogP contribution in [0.2, 0.25) is 0 Å². The normalized spacial score (nSPS) is 22.7. The van der Waals surface area contributed by atoms with E-state index in [4.69, 9.17) is 36.1 Å². The number of likely N-dealkylation sites (tertiary alicyclic amines) is 2.